The molecule has 3 aromatic rings. The van der Waals surface area contributed by atoms with Gasteiger partial charge in [-0.15, -0.1) is 0 Å². The maximum Gasteiger partial charge on any atom is 0.272 e. The molecule has 1 aliphatic rings. The lowest BCUT2D eigenvalue weighted by Crippen LogP contribution is -2.35. The minimum absolute atomic E-state index is 0.0386. The number of sulfonamides is 1. The number of benzene rings is 2. The van der Waals surface area contributed by atoms with Crippen molar-refractivity contribution in [2.24, 2.45) is 0 Å². The average molecular weight is 471 g/mol. The zero-order valence-corrected chi connectivity index (χ0v) is 19.2. The lowest BCUT2D eigenvalue weighted by atomic mass is 10.1. The molecule has 1 saturated heterocycles. The van der Waals surface area contributed by atoms with E-state index in [0.717, 1.165) is 19.3 Å². The summed E-state index contributed by atoms with van der Waals surface area (Å²) >= 11 is 0. The van der Waals surface area contributed by atoms with Gasteiger partial charge < -0.3 is 10.1 Å². The van der Waals surface area contributed by atoms with E-state index in [1.54, 1.807) is 43.3 Å². The van der Waals surface area contributed by atoms with Gasteiger partial charge in [0, 0.05) is 24.2 Å². The number of H-pyrrole nitrogens is 1. The first-order chi connectivity index (χ1) is 15.9. The third-order valence-corrected chi connectivity index (χ3v) is 7.48. The molecular formula is C23H26N4O5S. The minimum atomic E-state index is -3.76. The standard InChI is InChI=1S/C23H26N4O5S/c1-2-32-20-11-10-16(14-21(20)33(30,31)27-12-6-3-7-13-27)24-22(28)15-19-17-8-4-5-9-18(17)23(29)26-25-19/h4-5,8-11,14H,2-3,6-7,12-13,15H2,1H3,(H,24,28)(H,26,29). The quantitative estimate of drug-likeness (QED) is 0.548. The number of carbonyl (C=O) groups is 1. The molecule has 1 fully saturated rings. The number of nitrogens with zero attached hydrogens (tertiary/aromatic N) is 2. The zero-order valence-electron chi connectivity index (χ0n) is 18.3. The lowest BCUT2D eigenvalue weighted by Gasteiger charge is -2.27. The van der Waals surface area contributed by atoms with Crippen molar-refractivity contribution in [1.29, 1.82) is 0 Å². The molecule has 2 aromatic carbocycles. The van der Waals surface area contributed by atoms with Gasteiger partial charge in [-0.3, -0.25) is 9.59 Å². The number of nitrogens with one attached hydrogen (secondary N) is 2. The number of rotatable bonds is 7. The molecule has 0 bridgehead atoms. The molecule has 0 unspecified atom stereocenters. The van der Waals surface area contributed by atoms with Crippen LogP contribution in [0.1, 0.15) is 31.9 Å². The van der Waals surface area contributed by atoms with Gasteiger partial charge in [-0.1, -0.05) is 24.6 Å². The number of anilines is 1. The number of aromatic nitrogens is 2. The van der Waals surface area contributed by atoms with Gasteiger partial charge in [-0.05, 0) is 44.0 Å². The molecule has 174 valence electrons. The maximum absolute atomic E-state index is 13.3. The van der Waals surface area contributed by atoms with Gasteiger partial charge in [0.2, 0.25) is 15.9 Å². The number of carbonyl (C=O) groups excluding carboxylic acids is 1. The van der Waals surface area contributed by atoms with E-state index < -0.39 is 10.0 Å². The summed E-state index contributed by atoms with van der Waals surface area (Å²) < 4.78 is 33.6. The van der Waals surface area contributed by atoms with Crippen molar-refractivity contribution in [2.75, 3.05) is 25.0 Å². The van der Waals surface area contributed by atoms with Crippen molar-refractivity contribution in [1.82, 2.24) is 14.5 Å². The van der Waals surface area contributed by atoms with E-state index in [1.807, 2.05) is 0 Å². The highest BCUT2D eigenvalue weighted by Crippen LogP contribution is 2.31. The first kappa shape index (κ1) is 22.9. The van der Waals surface area contributed by atoms with Crippen molar-refractivity contribution in [3.05, 3.63) is 58.5 Å². The summed E-state index contributed by atoms with van der Waals surface area (Å²) in [4.78, 5) is 24.8. The van der Waals surface area contributed by atoms with E-state index in [9.17, 15) is 18.0 Å². The van der Waals surface area contributed by atoms with E-state index in [2.05, 4.69) is 15.5 Å². The number of aromatic amines is 1. The summed E-state index contributed by atoms with van der Waals surface area (Å²) in [6.45, 7) is 3.04. The molecule has 9 nitrogen and oxygen atoms in total. The second-order valence-electron chi connectivity index (χ2n) is 7.83. The van der Waals surface area contributed by atoms with Crippen LogP contribution in [0.2, 0.25) is 0 Å². The summed E-state index contributed by atoms with van der Waals surface area (Å²) in [7, 11) is -3.76. The first-order valence-electron chi connectivity index (χ1n) is 10.9. The fraction of sp³-hybridized carbons (Fsp3) is 0.348. The average Bonchev–Trinajstić information content (AvgIpc) is 2.83. The van der Waals surface area contributed by atoms with Crippen LogP contribution in [0.25, 0.3) is 10.8 Å². The molecule has 33 heavy (non-hydrogen) atoms. The summed E-state index contributed by atoms with van der Waals surface area (Å²) in [6.07, 6.45) is 2.56. The number of ether oxygens (including phenoxy) is 1. The Labute approximate surface area is 191 Å². The van der Waals surface area contributed by atoms with Crippen molar-refractivity contribution < 1.29 is 17.9 Å². The Morgan fingerprint density at radius 2 is 1.85 bits per heavy atom. The molecular weight excluding hydrogens is 444 g/mol. The maximum atomic E-state index is 13.3. The summed E-state index contributed by atoms with van der Waals surface area (Å²) in [5, 5.41) is 10.2. The first-order valence-corrected chi connectivity index (χ1v) is 12.4. The van der Waals surface area contributed by atoms with E-state index in [1.165, 1.54) is 10.4 Å². The van der Waals surface area contributed by atoms with E-state index in [0.29, 0.717) is 41.9 Å². The van der Waals surface area contributed by atoms with Gasteiger partial charge in [-0.25, -0.2) is 13.5 Å². The Balaban J connectivity index is 1.60. The smallest absolute Gasteiger partial charge is 0.272 e. The SMILES string of the molecule is CCOc1ccc(NC(=O)Cc2n[nH]c(=O)c3ccccc23)cc1S(=O)(=O)N1CCCCC1. The van der Waals surface area contributed by atoms with Crippen LogP contribution in [-0.4, -0.2) is 48.5 Å². The van der Waals surface area contributed by atoms with Gasteiger partial charge in [-0.2, -0.15) is 9.40 Å². The molecule has 0 radical (unpaired) electrons. The van der Waals surface area contributed by atoms with Crippen LogP contribution >= 0.6 is 0 Å². The Morgan fingerprint density at radius 1 is 1.12 bits per heavy atom. The molecule has 1 aromatic heterocycles. The number of hydrogen-bond donors (Lipinski definition) is 2. The molecule has 1 aliphatic heterocycles. The number of amides is 1. The Kier molecular flexibility index (Phi) is 6.75. The second-order valence-corrected chi connectivity index (χ2v) is 9.74. The molecule has 0 spiro atoms. The summed E-state index contributed by atoms with van der Waals surface area (Å²) in [6, 6.07) is 11.5. The monoisotopic (exact) mass is 470 g/mol. The molecule has 2 N–H and O–H groups in total. The predicted molar refractivity (Wildman–Crippen MR) is 125 cm³/mol. The largest absolute Gasteiger partial charge is 0.492 e. The van der Waals surface area contributed by atoms with Crippen LogP contribution < -0.4 is 15.6 Å². The molecule has 0 atom stereocenters. The van der Waals surface area contributed by atoms with Crippen LogP contribution in [-0.2, 0) is 21.2 Å². The third-order valence-electron chi connectivity index (χ3n) is 5.56. The number of hydrogen-bond acceptors (Lipinski definition) is 6. The van der Waals surface area contributed by atoms with Crippen LogP contribution in [0.15, 0.2) is 52.2 Å². The van der Waals surface area contributed by atoms with Crippen molar-refractivity contribution in [2.45, 2.75) is 37.5 Å². The van der Waals surface area contributed by atoms with Crippen molar-refractivity contribution in [3.63, 3.8) is 0 Å². The van der Waals surface area contributed by atoms with E-state index in [-0.39, 0.29) is 28.5 Å². The van der Waals surface area contributed by atoms with Crippen molar-refractivity contribution in [3.8, 4) is 5.75 Å². The zero-order chi connectivity index (χ0) is 23.4. The van der Waals surface area contributed by atoms with Crippen LogP contribution in [0.3, 0.4) is 0 Å². The summed E-state index contributed by atoms with van der Waals surface area (Å²) in [5.74, 6) is -0.125. The summed E-state index contributed by atoms with van der Waals surface area (Å²) in [5.41, 5.74) is 0.441. The normalized spacial score (nSPS) is 14.8. The Hall–Kier alpha value is -3.24. The fourth-order valence-corrected chi connectivity index (χ4v) is 5.64. The Bertz CT molecular complexity index is 1330. The molecule has 2 heterocycles. The van der Waals surface area contributed by atoms with Gasteiger partial charge in [0.1, 0.15) is 10.6 Å². The highest BCUT2D eigenvalue weighted by Gasteiger charge is 2.29. The van der Waals surface area contributed by atoms with Crippen molar-refractivity contribution >= 4 is 32.4 Å². The number of fused-ring (bicyclic) bond motifs is 1. The number of piperidine rings is 1. The van der Waals surface area contributed by atoms with Crippen LogP contribution in [0.4, 0.5) is 5.69 Å². The van der Waals surface area contributed by atoms with Crippen LogP contribution in [0.5, 0.6) is 5.75 Å². The topological polar surface area (TPSA) is 121 Å². The highest BCUT2D eigenvalue weighted by atomic mass is 32.2. The molecule has 1 amide bonds. The molecule has 0 aliphatic carbocycles. The minimum Gasteiger partial charge on any atom is -0.492 e. The second kappa shape index (κ2) is 9.72. The molecule has 0 saturated carbocycles. The third kappa shape index (κ3) is 4.91. The lowest BCUT2D eigenvalue weighted by molar-refractivity contribution is -0.115. The van der Waals surface area contributed by atoms with E-state index in [4.69, 9.17) is 4.74 Å². The van der Waals surface area contributed by atoms with Gasteiger partial charge in [0.15, 0.2) is 0 Å². The fourth-order valence-electron chi connectivity index (χ4n) is 3.97. The predicted octanol–water partition coefficient (Wildman–Crippen LogP) is 2.68. The van der Waals surface area contributed by atoms with Gasteiger partial charge in [0.25, 0.3) is 5.56 Å². The van der Waals surface area contributed by atoms with Gasteiger partial charge >= 0.3 is 0 Å². The van der Waals surface area contributed by atoms with E-state index >= 15 is 0 Å². The Morgan fingerprint density at radius 3 is 2.58 bits per heavy atom. The highest BCUT2D eigenvalue weighted by molar-refractivity contribution is 7.89. The van der Waals surface area contributed by atoms with Gasteiger partial charge in [0.05, 0.1) is 24.1 Å². The van der Waals surface area contributed by atoms with Crippen LogP contribution in [0, 0.1) is 0 Å². The molecule has 10 heteroatoms. The molecule has 4 rings (SSSR count).